The summed E-state index contributed by atoms with van der Waals surface area (Å²) in [6.07, 6.45) is 3.50. The highest BCUT2D eigenvalue weighted by Crippen LogP contribution is 2.15. The van der Waals surface area contributed by atoms with E-state index in [9.17, 15) is 0 Å². The van der Waals surface area contributed by atoms with E-state index < -0.39 is 0 Å². The van der Waals surface area contributed by atoms with Crippen molar-refractivity contribution < 1.29 is 0 Å². The average Bonchev–Trinajstić information content (AvgIpc) is 2.37. The Morgan fingerprint density at radius 3 is 2.61 bits per heavy atom. The maximum Gasteiger partial charge on any atom is 0.148 e. The van der Waals surface area contributed by atoms with Crippen LogP contribution in [0, 0.1) is 0 Å². The average molecular weight is 243 g/mol. The summed E-state index contributed by atoms with van der Waals surface area (Å²) in [6.45, 7) is 4.56. The minimum atomic E-state index is -0.274. The van der Waals surface area contributed by atoms with Gasteiger partial charge in [-0.3, -0.25) is 4.98 Å². The Morgan fingerprint density at radius 2 is 2.06 bits per heavy atom. The number of hydrogen-bond donors (Lipinski definition) is 2. The van der Waals surface area contributed by atoms with Crippen LogP contribution in [0.1, 0.15) is 13.8 Å². The summed E-state index contributed by atoms with van der Waals surface area (Å²) in [5.41, 5.74) is 7.37. The number of nitrogens with two attached hydrogens (primary N) is 1. The van der Waals surface area contributed by atoms with Crippen molar-refractivity contribution in [3.05, 3.63) is 36.7 Å². The first-order valence-corrected chi connectivity index (χ1v) is 5.81. The third-order valence-electron chi connectivity index (χ3n) is 2.35. The Labute approximate surface area is 106 Å². The van der Waals surface area contributed by atoms with Crippen molar-refractivity contribution in [3.8, 4) is 11.3 Å². The van der Waals surface area contributed by atoms with Crippen molar-refractivity contribution in [2.24, 2.45) is 5.73 Å². The minimum Gasteiger partial charge on any atom is -0.367 e. The SMILES string of the molecule is CC(C)(N)CNc1ccc(-c2cccnc2)nn1. The molecule has 2 heterocycles. The quantitative estimate of drug-likeness (QED) is 0.854. The number of nitrogens with one attached hydrogen (secondary N) is 1. The van der Waals surface area contributed by atoms with Gasteiger partial charge in [-0.15, -0.1) is 10.2 Å². The van der Waals surface area contributed by atoms with Gasteiger partial charge in [0.2, 0.25) is 0 Å². The van der Waals surface area contributed by atoms with Gasteiger partial charge in [-0.05, 0) is 38.1 Å². The lowest BCUT2D eigenvalue weighted by Gasteiger charge is -2.18. The van der Waals surface area contributed by atoms with E-state index in [1.54, 1.807) is 12.4 Å². The summed E-state index contributed by atoms with van der Waals surface area (Å²) < 4.78 is 0. The zero-order valence-electron chi connectivity index (χ0n) is 10.6. The van der Waals surface area contributed by atoms with Crippen molar-refractivity contribution in [1.82, 2.24) is 15.2 Å². The summed E-state index contributed by atoms with van der Waals surface area (Å²) in [5, 5.41) is 11.4. The number of rotatable bonds is 4. The molecule has 2 aromatic heterocycles. The van der Waals surface area contributed by atoms with Crippen molar-refractivity contribution in [3.63, 3.8) is 0 Å². The fourth-order valence-corrected chi connectivity index (χ4v) is 1.41. The summed E-state index contributed by atoms with van der Waals surface area (Å²) in [4.78, 5) is 4.05. The molecule has 0 aromatic carbocycles. The van der Waals surface area contributed by atoms with Gasteiger partial charge in [0.1, 0.15) is 5.82 Å². The van der Waals surface area contributed by atoms with Crippen molar-refractivity contribution >= 4 is 5.82 Å². The van der Waals surface area contributed by atoms with Gasteiger partial charge in [0, 0.05) is 30.0 Å². The van der Waals surface area contributed by atoms with Gasteiger partial charge in [-0.2, -0.15) is 0 Å². The van der Waals surface area contributed by atoms with Crippen molar-refractivity contribution in [1.29, 1.82) is 0 Å². The van der Waals surface area contributed by atoms with Gasteiger partial charge in [0.25, 0.3) is 0 Å². The Kier molecular flexibility index (Phi) is 3.53. The molecule has 0 bridgehead atoms. The maximum atomic E-state index is 5.89. The second kappa shape index (κ2) is 5.10. The Bertz CT molecular complexity index is 487. The first-order chi connectivity index (χ1) is 8.54. The van der Waals surface area contributed by atoms with Crippen molar-refractivity contribution in [2.75, 3.05) is 11.9 Å². The van der Waals surface area contributed by atoms with Gasteiger partial charge in [-0.25, -0.2) is 0 Å². The summed E-state index contributed by atoms with van der Waals surface area (Å²) >= 11 is 0. The molecule has 18 heavy (non-hydrogen) atoms. The fourth-order valence-electron chi connectivity index (χ4n) is 1.41. The molecule has 0 spiro atoms. The van der Waals surface area contributed by atoms with Crippen LogP contribution >= 0.6 is 0 Å². The summed E-state index contributed by atoms with van der Waals surface area (Å²) in [7, 11) is 0. The number of pyridine rings is 1. The molecule has 5 nitrogen and oxygen atoms in total. The van der Waals surface area contributed by atoms with Crippen LogP contribution in [0.2, 0.25) is 0 Å². The molecule has 2 rings (SSSR count). The lowest BCUT2D eigenvalue weighted by molar-refractivity contribution is 0.548. The third-order valence-corrected chi connectivity index (χ3v) is 2.35. The number of hydrogen-bond acceptors (Lipinski definition) is 5. The first kappa shape index (κ1) is 12.4. The topological polar surface area (TPSA) is 76.7 Å². The summed E-state index contributed by atoms with van der Waals surface area (Å²) in [5.74, 6) is 0.723. The van der Waals surface area contributed by atoms with Gasteiger partial charge in [0.15, 0.2) is 0 Å². The maximum absolute atomic E-state index is 5.89. The van der Waals surface area contributed by atoms with E-state index in [1.807, 2.05) is 38.1 Å². The normalized spacial score (nSPS) is 11.3. The van der Waals surface area contributed by atoms with Crippen LogP contribution in [-0.4, -0.2) is 27.3 Å². The molecular formula is C13H17N5. The Balaban J connectivity index is 2.07. The Hall–Kier alpha value is -2.01. The zero-order valence-corrected chi connectivity index (χ0v) is 10.6. The lowest BCUT2D eigenvalue weighted by Crippen LogP contribution is -2.39. The first-order valence-electron chi connectivity index (χ1n) is 5.81. The van der Waals surface area contributed by atoms with Gasteiger partial charge in [-0.1, -0.05) is 0 Å². The van der Waals surface area contributed by atoms with E-state index in [0.717, 1.165) is 17.1 Å². The third kappa shape index (κ3) is 3.49. The van der Waals surface area contributed by atoms with Crippen LogP contribution in [0.3, 0.4) is 0 Å². The van der Waals surface area contributed by atoms with Gasteiger partial charge in [0.05, 0.1) is 5.69 Å². The highest BCUT2D eigenvalue weighted by molar-refractivity contribution is 5.58. The van der Waals surface area contributed by atoms with Crippen LogP contribution in [0.5, 0.6) is 0 Å². The monoisotopic (exact) mass is 243 g/mol. The van der Waals surface area contributed by atoms with Crippen LogP contribution in [-0.2, 0) is 0 Å². The highest BCUT2D eigenvalue weighted by atomic mass is 15.2. The van der Waals surface area contributed by atoms with E-state index >= 15 is 0 Å². The molecule has 0 atom stereocenters. The predicted octanol–water partition coefficient (Wildman–Crippen LogP) is 1.69. The molecule has 0 aliphatic rings. The molecule has 0 radical (unpaired) electrons. The van der Waals surface area contributed by atoms with Crippen molar-refractivity contribution in [2.45, 2.75) is 19.4 Å². The van der Waals surface area contributed by atoms with Crippen LogP contribution in [0.15, 0.2) is 36.7 Å². The number of aromatic nitrogens is 3. The molecule has 0 saturated heterocycles. The smallest absolute Gasteiger partial charge is 0.148 e. The predicted molar refractivity (Wildman–Crippen MR) is 72.0 cm³/mol. The Morgan fingerprint density at radius 1 is 1.22 bits per heavy atom. The summed E-state index contributed by atoms with van der Waals surface area (Å²) in [6, 6.07) is 7.63. The molecule has 0 saturated carbocycles. The second-order valence-electron chi connectivity index (χ2n) is 4.89. The number of nitrogens with zero attached hydrogens (tertiary/aromatic N) is 3. The minimum absolute atomic E-state index is 0.274. The van der Waals surface area contributed by atoms with Crippen LogP contribution < -0.4 is 11.1 Å². The molecule has 94 valence electrons. The standard InChI is InChI=1S/C13H17N5/c1-13(2,14)9-16-12-6-5-11(17-18-12)10-4-3-7-15-8-10/h3-8H,9,14H2,1-2H3,(H,16,18). The molecule has 0 aliphatic heterocycles. The fraction of sp³-hybridized carbons (Fsp3) is 0.308. The van der Waals surface area contributed by atoms with Gasteiger partial charge >= 0.3 is 0 Å². The molecule has 2 aromatic rings. The van der Waals surface area contributed by atoms with E-state index in [-0.39, 0.29) is 5.54 Å². The largest absolute Gasteiger partial charge is 0.367 e. The van der Waals surface area contributed by atoms with Crippen LogP contribution in [0.4, 0.5) is 5.82 Å². The van der Waals surface area contributed by atoms with Crippen LogP contribution in [0.25, 0.3) is 11.3 Å². The number of anilines is 1. The highest BCUT2D eigenvalue weighted by Gasteiger charge is 2.10. The molecule has 0 unspecified atom stereocenters. The van der Waals surface area contributed by atoms with Gasteiger partial charge < -0.3 is 11.1 Å². The molecule has 0 amide bonds. The zero-order chi connectivity index (χ0) is 13.0. The molecule has 0 fully saturated rings. The molecule has 5 heteroatoms. The molecular weight excluding hydrogens is 226 g/mol. The lowest BCUT2D eigenvalue weighted by atomic mass is 10.1. The van der Waals surface area contributed by atoms with E-state index in [1.165, 1.54) is 0 Å². The molecule has 3 N–H and O–H groups in total. The second-order valence-corrected chi connectivity index (χ2v) is 4.89. The van der Waals surface area contributed by atoms with E-state index in [2.05, 4.69) is 20.5 Å². The van der Waals surface area contributed by atoms with E-state index in [0.29, 0.717) is 6.54 Å². The molecule has 0 aliphatic carbocycles. The van der Waals surface area contributed by atoms with E-state index in [4.69, 9.17) is 5.73 Å².